The number of amides is 6. The highest BCUT2D eigenvalue weighted by atomic mass is 16.6. The van der Waals surface area contributed by atoms with Gasteiger partial charge in [-0.2, -0.15) is 0 Å². The number of rotatable bonds is 19. The Hall–Kier alpha value is -2.92. The van der Waals surface area contributed by atoms with Crippen molar-refractivity contribution in [3.63, 3.8) is 0 Å². The highest BCUT2D eigenvalue weighted by Crippen LogP contribution is 2.18. The molecule has 0 heterocycles. The van der Waals surface area contributed by atoms with E-state index in [4.69, 9.17) is 9.47 Å². The van der Waals surface area contributed by atoms with Crippen LogP contribution >= 0.6 is 0 Å². The maximum absolute atomic E-state index is 11.9. The van der Waals surface area contributed by atoms with Crippen molar-refractivity contribution >= 4 is 24.2 Å². The molecule has 0 aromatic carbocycles. The first kappa shape index (κ1) is 35.3. The summed E-state index contributed by atoms with van der Waals surface area (Å²) in [6.45, 7) is 2.75. The molecule has 0 unspecified atom stereocenters. The molecule has 2 saturated carbocycles. The van der Waals surface area contributed by atoms with Gasteiger partial charge >= 0.3 is 24.2 Å². The van der Waals surface area contributed by atoms with Gasteiger partial charge in [-0.05, 0) is 51.4 Å². The van der Waals surface area contributed by atoms with Gasteiger partial charge in [0.2, 0.25) is 0 Å². The molecule has 6 N–H and O–H groups in total. The molecule has 12 heteroatoms. The molecule has 0 radical (unpaired) electrons. The highest BCUT2D eigenvalue weighted by Gasteiger charge is 2.17. The number of nitrogens with one attached hydrogen (secondary N) is 6. The van der Waals surface area contributed by atoms with E-state index in [1.807, 2.05) is 0 Å². The maximum Gasteiger partial charge on any atom is 0.407 e. The van der Waals surface area contributed by atoms with Crippen molar-refractivity contribution in [3.05, 3.63) is 0 Å². The standard InChI is InChI=1S/C30H56N6O6/c37-27(33-21-13-23-41-29(39)35-25-15-7-5-8-16-25)31-19-11-3-1-2-4-12-20-32-28(38)34-22-14-24-42-30(40)36-26-17-9-6-10-18-26/h25-26H,1-24H2,(H,35,39)(H,36,40)(H2,31,33,37)(H2,32,34,38). The van der Waals surface area contributed by atoms with Crippen LogP contribution in [0, 0.1) is 0 Å². The van der Waals surface area contributed by atoms with E-state index in [-0.39, 0.29) is 49.5 Å². The molecule has 42 heavy (non-hydrogen) atoms. The summed E-state index contributed by atoms with van der Waals surface area (Å²) in [5.74, 6) is 0. The summed E-state index contributed by atoms with van der Waals surface area (Å²) in [6, 6.07) is 0.0832. The first-order chi connectivity index (χ1) is 20.5. The summed E-state index contributed by atoms with van der Waals surface area (Å²) >= 11 is 0. The van der Waals surface area contributed by atoms with E-state index in [1.54, 1.807) is 0 Å². The monoisotopic (exact) mass is 596 g/mol. The molecule has 6 amide bonds. The van der Waals surface area contributed by atoms with Gasteiger partial charge in [0.15, 0.2) is 0 Å². The second kappa shape index (κ2) is 23.6. The van der Waals surface area contributed by atoms with E-state index in [0.29, 0.717) is 39.0 Å². The minimum absolute atomic E-state index is 0.196. The Labute approximate surface area is 251 Å². The molecule has 2 fully saturated rings. The largest absolute Gasteiger partial charge is 0.449 e. The van der Waals surface area contributed by atoms with E-state index < -0.39 is 0 Å². The predicted octanol–water partition coefficient (Wildman–Crippen LogP) is 4.82. The lowest BCUT2D eigenvalue weighted by atomic mass is 9.96. The molecule has 2 aliphatic carbocycles. The van der Waals surface area contributed by atoms with Crippen molar-refractivity contribution in [2.24, 2.45) is 0 Å². The fourth-order valence-electron chi connectivity index (χ4n) is 5.27. The summed E-state index contributed by atoms with van der Waals surface area (Å²) in [5, 5.41) is 17.1. The van der Waals surface area contributed by atoms with Crippen LogP contribution in [-0.4, -0.2) is 75.7 Å². The van der Waals surface area contributed by atoms with Crippen molar-refractivity contribution in [3.8, 4) is 0 Å². The lowest BCUT2D eigenvalue weighted by Gasteiger charge is -2.22. The van der Waals surface area contributed by atoms with Crippen molar-refractivity contribution in [2.75, 3.05) is 39.4 Å². The third-order valence-corrected chi connectivity index (χ3v) is 7.71. The Kier molecular flexibility index (Phi) is 19.8. The van der Waals surface area contributed by atoms with Crippen LogP contribution in [0.3, 0.4) is 0 Å². The van der Waals surface area contributed by atoms with Gasteiger partial charge in [0.1, 0.15) is 0 Å². The molecule has 0 aromatic rings. The average molecular weight is 597 g/mol. The summed E-state index contributed by atoms with van der Waals surface area (Å²) in [4.78, 5) is 47.3. The zero-order chi connectivity index (χ0) is 30.1. The van der Waals surface area contributed by atoms with Gasteiger partial charge in [0.25, 0.3) is 0 Å². The molecule has 0 atom stereocenters. The van der Waals surface area contributed by atoms with E-state index in [9.17, 15) is 19.2 Å². The molecule has 0 aliphatic heterocycles. The van der Waals surface area contributed by atoms with Crippen LogP contribution in [0.5, 0.6) is 0 Å². The van der Waals surface area contributed by atoms with E-state index in [1.165, 1.54) is 12.8 Å². The Balaban J connectivity index is 1.26. The van der Waals surface area contributed by atoms with Gasteiger partial charge in [-0.15, -0.1) is 0 Å². The highest BCUT2D eigenvalue weighted by molar-refractivity contribution is 5.74. The van der Waals surface area contributed by atoms with Crippen molar-refractivity contribution in [2.45, 2.75) is 128 Å². The Bertz CT molecular complexity index is 697. The third kappa shape index (κ3) is 19.2. The van der Waals surface area contributed by atoms with Crippen LogP contribution < -0.4 is 31.9 Å². The maximum atomic E-state index is 11.9. The Morgan fingerprint density at radius 1 is 0.452 bits per heavy atom. The molecule has 12 nitrogen and oxygen atoms in total. The normalized spacial score (nSPS) is 15.7. The molecule has 0 saturated heterocycles. The molecule has 0 bridgehead atoms. The molecule has 2 rings (SSSR count). The quantitative estimate of drug-likeness (QED) is 0.117. The summed E-state index contributed by atoms with van der Waals surface area (Å²) in [5.41, 5.74) is 0. The van der Waals surface area contributed by atoms with Crippen molar-refractivity contribution in [1.82, 2.24) is 31.9 Å². The zero-order valence-electron chi connectivity index (χ0n) is 25.6. The van der Waals surface area contributed by atoms with Crippen LogP contribution in [0.15, 0.2) is 0 Å². The smallest absolute Gasteiger partial charge is 0.407 e. The Morgan fingerprint density at radius 2 is 0.786 bits per heavy atom. The summed E-state index contributed by atoms with van der Waals surface area (Å²) in [6.07, 6.45) is 17.8. The number of carbonyl (C=O) groups excluding carboxylic acids is 4. The van der Waals surface area contributed by atoms with Crippen LogP contribution in [0.25, 0.3) is 0 Å². The van der Waals surface area contributed by atoms with E-state index in [0.717, 1.165) is 89.9 Å². The van der Waals surface area contributed by atoms with Crippen LogP contribution in [0.2, 0.25) is 0 Å². The molecule has 242 valence electrons. The lowest BCUT2D eigenvalue weighted by molar-refractivity contribution is 0.137. The predicted molar refractivity (Wildman–Crippen MR) is 162 cm³/mol. The first-order valence-corrected chi connectivity index (χ1v) is 16.4. The average Bonchev–Trinajstić information content (AvgIpc) is 2.98. The topological polar surface area (TPSA) is 159 Å². The van der Waals surface area contributed by atoms with Crippen molar-refractivity contribution < 1.29 is 28.7 Å². The van der Waals surface area contributed by atoms with Gasteiger partial charge in [-0.3, -0.25) is 0 Å². The fraction of sp³-hybridized carbons (Fsp3) is 0.867. The molecule has 0 spiro atoms. The van der Waals surface area contributed by atoms with Gasteiger partial charge in [-0.25, -0.2) is 19.2 Å². The molecular formula is C30H56N6O6. The number of hydrogen-bond donors (Lipinski definition) is 6. The van der Waals surface area contributed by atoms with Gasteiger partial charge < -0.3 is 41.4 Å². The van der Waals surface area contributed by atoms with Crippen molar-refractivity contribution in [1.29, 1.82) is 0 Å². The van der Waals surface area contributed by atoms with Gasteiger partial charge in [-0.1, -0.05) is 64.2 Å². The minimum atomic E-state index is -0.362. The van der Waals surface area contributed by atoms with Gasteiger partial charge in [0, 0.05) is 38.3 Å². The number of ether oxygens (including phenoxy) is 2. The van der Waals surface area contributed by atoms with Gasteiger partial charge in [0.05, 0.1) is 13.2 Å². The second-order valence-corrected chi connectivity index (χ2v) is 11.4. The van der Waals surface area contributed by atoms with Crippen LogP contribution in [0.4, 0.5) is 19.2 Å². The molecule has 0 aromatic heterocycles. The zero-order valence-corrected chi connectivity index (χ0v) is 25.6. The minimum Gasteiger partial charge on any atom is -0.449 e. The third-order valence-electron chi connectivity index (χ3n) is 7.71. The Morgan fingerprint density at radius 3 is 1.17 bits per heavy atom. The number of alkyl carbamates (subject to hydrolysis) is 2. The number of hydrogen-bond acceptors (Lipinski definition) is 6. The van der Waals surface area contributed by atoms with Crippen LogP contribution in [-0.2, 0) is 9.47 Å². The van der Waals surface area contributed by atoms with Crippen LogP contribution in [0.1, 0.15) is 116 Å². The fourth-order valence-corrected chi connectivity index (χ4v) is 5.27. The number of carbonyl (C=O) groups is 4. The number of unbranched alkanes of at least 4 members (excludes halogenated alkanes) is 5. The SMILES string of the molecule is O=C(NCCCCCCCCNC(=O)NCCCOC(=O)NC1CCCCC1)NCCCOC(=O)NC1CCCCC1. The first-order valence-electron chi connectivity index (χ1n) is 16.4. The lowest BCUT2D eigenvalue weighted by Crippen LogP contribution is -2.38. The summed E-state index contributed by atoms with van der Waals surface area (Å²) in [7, 11) is 0. The van der Waals surface area contributed by atoms with E-state index >= 15 is 0 Å². The number of urea groups is 2. The molecular weight excluding hydrogens is 540 g/mol. The summed E-state index contributed by atoms with van der Waals surface area (Å²) < 4.78 is 10.4. The molecule has 2 aliphatic rings. The van der Waals surface area contributed by atoms with E-state index in [2.05, 4.69) is 31.9 Å². The second-order valence-electron chi connectivity index (χ2n) is 11.4.